The van der Waals surface area contributed by atoms with Crippen LogP contribution in [0.25, 0.3) is 5.69 Å². The summed E-state index contributed by atoms with van der Waals surface area (Å²) < 4.78 is 18.7. The van der Waals surface area contributed by atoms with Gasteiger partial charge in [0.25, 0.3) is 11.8 Å². The Morgan fingerprint density at radius 2 is 1.70 bits per heavy atom. The van der Waals surface area contributed by atoms with Crippen molar-refractivity contribution in [3.05, 3.63) is 76.6 Å². The van der Waals surface area contributed by atoms with Crippen molar-refractivity contribution in [3.8, 4) is 5.69 Å². The van der Waals surface area contributed by atoms with E-state index in [2.05, 4.69) is 18.6 Å². The summed E-state index contributed by atoms with van der Waals surface area (Å²) in [4.78, 5) is 31.4. The molecule has 1 aliphatic rings. The SMILES string of the molecule is CCCCN(CCCC)C(=O)c1cc(C)n(-c2ccc(NS(=O)N(C)C)cc2C(=O)N2Cc3ccccc3C[C@H]2CO)n1.O. The van der Waals surface area contributed by atoms with Crippen LogP contribution >= 0.6 is 0 Å². The fraction of sp³-hybridized carbons (Fsp3) is 0.469. The summed E-state index contributed by atoms with van der Waals surface area (Å²) in [5, 5.41) is 15.0. The van der Waals surface area contributed by atoms with E-state index in [4.69, 9.17) is 5.10 Å². The lowest BCUT2D eigenvalue weighted by molar-refractivity contribution is 0.0544. The highest BCUT2D eigenvalue weighted by Crippen LogP contribution is 2.29. The van der Waals surface area contributed by atoms with Crippen LogP contribution in [0.5, 0.6) is 0 Å². The Labute approximate surface area is 262 Å². The topological polar surface area (TPSA) is 143 Å². The first-order chi connectivity index (χ1) is 20.7. The van der Waals surface area contributed by atoms with Crippen LogP contribution in [0.4, 0.5) is 5.69 Å². The van der Waals surface area contributed by atoms with Gasteiger partial charge in [0.1, 0.15) is 0 Å². The molecule has 240 valence electrons. The van der Waals surface area contributed by atoms with Gasteiger partial charge in [-0.2, -0.15) is 5.10 Å². The summed E-state index contributed by atoms with van der Waals surface area (Å²) in [7, 11) is 3.38. The summed E-state index contributed by atoms with van der Waals surface area (Å²) in [5.41, 5.74) is 4.53. The number of fused-ring (bicyclic) bond motifs is 1. The molecule has 1 unspecified atom stereocenters. The Bertz CT molecular complexity index is 1450. The van der Waals surface area contributed by atoms with Gasteiger partial charge in [0.15, 0.2) is 16.9 Å². The predicted molar refractivity (Wildman–Crippen MR) is 174 cm³/mol. The second-order valence-corrected chi connectivity index (χ2v) is 12.7. The Morgan fingerprint density at radius 3 is 2.32 bits per heavy atom. The maximum absolute atomic E-state index is 14.3. The molecule has 0 spiro atoms. The zero-order chi connectivity index (χ0) is 31.1. The van der Waals surface area contributed by atoms with E-state index in [0.29, 0.717) is 54.4 Å². The molecular weight excluding hydrogens is 580 g/mol. The number of hydrogen-bond donors (Lipinski definition) is 2. The molecule has 2 atom stereocenters. The van der Waals surface area contributed by atoms with Crippen LogP contribution in [0, 0.1) is 6.92 Å². The van der Waals surface area contributed by atoms with Gasteiger partial charge < -0.3 is 20.4 Å². The summed E-state index contributed by atoms with van der Waals surface area (Å²) in [6, 6.07) is 14.5. The van der Waals surface area contributed by atoms with Crippen molar-refractivity contribution in [3.63, 3.8) is 0 Å². The standard InChI is InChI=1S/C32H44N6O4S.H2O/c1-6-8-16-36(17-9-7-2)32(41)29-18-23(3)38(33-29)30-15-14-26(34-43(42)35(4)5)20-28(30)31(40)37-21-25-13-11-10-12-24(25)19-27(37)22-39;/h10-15,18,20,27,34,39H,6-9,16-17,19,21-22H2,1-5H3;1H2/t27-,43?;/m0./s1. The van der Waals surface area contributed by atoms with E-state index in [1.807, 2.05) is 36.1 Å². The second-order valence-electron chi connectivity index (χ2n) is 11.2. The Hall–Kier alpha value is -3.58. The van der Waals surface area contributed by atoms with Crippen molar-refractivity contribution in [2.45, 2.75) is 65.5 Å². The smallest absolute Gasteiger partial charge is 0.274 e. The van der Waals surface area contributed by atoms with Crippen LogP contribution in [-0.2, 0) is 24.1 Å². The third kappa shape index (κ3) is 7.92. The van der Waals surface area contributed by atoms with Gasteiger partial charge >= 0.3 is 0 Å². The van der Waals surface area contributed by atoms with Gasteiger partial charge in [-0.25, -0.2) is 13.2 Å². The van der Waals surface area contributed by atoms with Crippen LogP contribution in [0.1, 0.15) is 77.2 Å². The van der Waals surface area contributed by atoms with Crippen molar-refractivity contribution in [1.82, 2.24) is 23.9 Å². The number of rotatable bonds is 13. The van der Waals surface area contributed by atoms with E-state index in [0.717, 1.165) is 36.8 Å². The molecule has 0 fully saturated rings. The zero-order valence-electron chi connectivity index (χ0n) is 26.4. The second kappa shape index (κ2) is 15.9. The lowest BCUT2D eigenvalue weighted by Gasteiger charge is -2.36. The van der Waals surface area contributed by atoms with E-state index in [1.54, 1.807) is 47.9 Å². The van der Waals surface area contributed by atoms with Gasteiger partial charge in [0.05, 0.1) is 23.9 Å². The average Bonchev–Trinajstić information content (AvgIpc) is 3.40. The lowest BCUT2D eigenvalue weighted by Crippen LogP contribution is -2.46. The van der Waals surface area contributed by atoms with Gasteiger partial charge in [-0.1, -0.05) is 51.0 Å². The van der Waals surface area contributed by atoms with E-state index in [1.165, 1.54) is 4.31 Å². The third-order valence-corrected chi connectivity index (χ3v) is 8.85. The molecule has 3 aromatic rings. The number of unbranched alkanes of at least 4 members (excludes halogenated alkanes) is 2. The van der Waals surface area contributed by atoms with Crippen molar-refractivity contribution in [2.24, 2.45) is 0 Å². The van der Waals surface area contributed by atoms with Gasteiger partial charge in [-0.3, -0.25) is 14.3 Å². The monoisotopic (exact) mass is 626 g/mol. The first kappa shape index (κ1) is 34.9. The number of aromatic nitrogens is 2. The molecule has 2 heterocycles. The summed E-state index contributed by atoms with van der Waals surface area (Å²) in [5.74, 6) is -0.401. The maximum Gasteiger partial charge on any atom is 0.274 e. The fourth-order valence-corrected chi connectivity index (χ4v) is 5.80. The maximum atomic E-state index is 14.3. The Balaban J connectivity index is 0.00000529. The van der Waals surface area contributed by atoms with E-state index in [-0.39, 0.29) is 23.9 Å². The highest BCUT2D eigenvalue weighted by Gasteiger charge is 2.32. The Kier molecular flexibility index (Phi) is 12.6. The number of nitrogens with one attached hydrogen (secondary N) is 1. The molecule has 0 bridgehead atoms. The lowest BCUT2D eigenvalue weighted by atomic mass is 9.93. The number of aliphatic hydroxyl groups excluding tert-OH is 1. The van der Waals surface area contributed by atoms with E-state index >= 15 is 0 Å². The third-order valence-electron chi connectivity index (χ3n) is 7.78. The number of amides is 2. The molecule has 0 radical (unpaired) electrons. The summed E-state index contributed by atoms with van der Waals surface area (Å²) in [6.07, 6.45) is 4.36. The summed E-state index contributed by atoms with van der Waals surface area (Å²) >= 11 is -1.51. The number of benzene rings is 2. The molecule has 12 heteroatoms. The largest absolute Gasteiger partial charge is 0.412 e. The van der Waals surface area contributed by atoms with Crippen LogP contribution in [0.3, 0.4) is 0 Å². The van der Waals surface area contributed by atoms with Crippen molar-refractivity contribution < 1.29 is 24.4 Å². The molecule has 0 aliphatic carbocycles. The highest BCUT2D eigenvalue weighted by atomic mass is 32.2. The molecule has 4 rings (SSSR count). The van der Waals surface area contributed by atoms with Gasteiger partial charge in [0, 0.05) is 45.1 Å². The first-order valence-electron chi connectivity index (χ1n) is 15.0. The van der Waals surface area contributed by atoms with Crippen LogP contribution in [0.2, 0.25) is 0 Å². The molecule has 44 heavy (non-hydrogen) atoms. The van der Waals surface area contributed by atoms with Gasteiger partial charge in [-0.05, 0) is 61.6 Å². The normalized spacial score (nSPS) is 15.0. The first-order valence-corrected chi connectivity index (χ1v) is 16.1. The molecule has 1 aliphatic heterocycles. The molecule has 4 N–H and O–H groups in total. The molecule has 1 aromatic heterocycles. The van der Waals surface area contributed by atoms with Gasteiger partial charge in [0.2, 0.25) is 0 Å². The number of aryl methyl sites for hydroxylation is 1. The van der Waals surface area contributed by atoms with Gasteiger partial charge in [-0.15, -0.1) is 0 Å². The predicted octanol–water partition coefficient (Wildman–Crippen LogP) is 3.51. The minimum absolute atomic E-state index is 0. The molecule has 2 aromatic carbocycles. The fourth-order valence-electron chi connectivity index (χ4n) is 5.29. The van der Waals surface area contributed by atoms with Crippen molar-refractivity contribution >= 4 is 28.7 Å². The molecule has 0 saturated carbocycles. The number of carbonyl (C=O) groups excluding carboxylic acids is 2. The number of carbonyl (C=O) groups is 2. The van der Waals surface area contributed by atoms with Crippen LogP contribution < -0.4 is 4.72 Å². The molecular formula is C32H46N6O5S. The highest BCUT2D eigenvalue weighted by molar-refractivity contribution is 7.83. The van der Waals surface area contributed by atoms with E-state index in [9.17, 15) is 18.9 Å². The van der Waals surface area contributed by atoms with Crippen LogP contribution in [-0.4, -0.2) is 90.3 Å². The minimum Gasteiger partial charge on any atom is -0.412 e. The quantitative estimate of drug-likeness (QED) is 0.299. The zero-order valence-corrected chi connectivity index (χ0v) is 27.2. The summed E-state index contributed by atoms with van der Waals surface area (Å²) in [6.45, 7) is 7.60. The minimum atomic E-state index is -1.51. The molecule has 0 saturated heterocycles. The number of anilines is 1. The number of hydrogen-bond acceptors (Lipinski definition) is 5. The van der Waals surface area contributed by atoms with Crippen molar-refractivity contribution in [1.29, 1.82) is 0 Å². The van der Waals surface area contributed by atoms with Crippen molar-refractivity contribution in [2.75, 3.05) is 38.5 Å². The number of nitrogens with zero attached hydrogens (tertiary/aromatic N) is 5. The van der Waals surface area contributed by atoms with Crippen LogP contribution in [0.15, 0.2) is 48.5 Å². The molecule has 2 amide bonds. The molecule has 11 nitrogen and oxygen atoms in total. The average molecular weight is 627 g/mol. The number of aliphatic hydroxyl groups is 1. The van der Waals surface area contributed by atoms with E-state index < -0.39 is 17.2 Å². The Morgan fingerprint density at radius 1 is 1.05 bits per heavy atom.